The number of anilines is 1. The SMILES string of the molecule is CCOCCCN1C(=O)/C(=C/c2c(C)c(C#N)c(=O)n(C)c2N2CCCC2)SC1=S. The molecule has 0 spiro atoms. The Balaban J connectivity index is 2.01. The normalized spacial score (nSPS) is 18.0. The van der Waals surface area contributed by atoms with Gasteiger partial charge in [0, 0.05) is 45.5 Å². The standard InChI is InChI=1S/C21H26N4O3S2/c1-4-28-11-7-10-25-20(27)17(30-21(25)29)12-15-14(2)16(13-22)19(26)23(3)18(15)24-8-5-6-9-24/h12H,4-11H2,1-3H3/b17-12-. The van der Waals surface area contributed by atoms with Crippen LogP contribution in [0.5, 0.6) is 0 Å². The maximum absolute atomic E-state index is 13.0. The zero-order chi connectivity index (χ0) is 21.8. The second kappa shape index (κ2) is 9.77. The van der Waals surface area contributed by atoms with Gasteiger partial charge in [-0.15, -0.1) is 0 Å². The number of thioether (sulfide) groups is 1. The number of hydrogen-bond donors (Lipinski definition) is 0. The van der Waals surface area contributed by atoms with Crippen LogP contribution in [-0.2, 0) is 16.6 Å². The fraction of sp³-hybridized carbons (Fsp3) is 0.524. The third kappa shape index (κ3) is 4.31. The molecule has 9 heteroatoms. The molecule has 2 aliphatic rings. The summed E-state index contributed by atoms with van der Waals surface area (Å²) in [4.78, 5) is 30.0. The Morgan fingerprint density at radius 1 is 1.30 bits per heavy atom. The molecule has 0 unspecified atom stereocenters. The molecular formula is C21H26N4O3S2. The summed E-state index contributed by atoms with van der Waals surface area (Å²) < 4.78 is 7.41. The second-order valence-corrected chi connectivity index (χ2v) is 8.97. The van der Waals surface area contributed by atoms with Gasteiger partial charge in [-0.05, 0) is 44.7 Å². The molecule has 0 bridgehead atoms. The quantitative estimate of drug-likeness (QED) is 0.362. The fourth-order valence-corrected chi connectivity index (χ4v) is 5.11. The molecule has 7 nitrogen and oxygen atoms in total. The van der Waals surface area contributed by atoms with Crippen LogP contribution in [0.3, 0.4) is 0 Å². The van der Waals surface area contributed by atoms with Gasteiger partial charge >= 0.3 is 0 Å². The number of hydrogen-bond acceptors (Lipinski definition) is 7. The van der Waals surface area contributed by atoms with Gasteiger partial charge in [-0.2, -0.15) is 5.26 Å². The number of thiocarbonyl (C=S) groups is 1. The van der Waals surface area contributed by atoms with Crippen LogP contribution in [0, 0.1) is 18.3 Å². The number of carbonyl (C=O) groups is 1. The molecule has 3 heterocycles. The van der Waals surface area contributed by atoms with E-state index in [2.05, 4.69) is 4.90 Å². The molecule has 2 fully saturated rings. The van der Waals surface area contributed by atoms with Crippen molar-refractivity contribution in [3.8, 4) is 6.07 Å². The van der Waals surface area contributed by atoms with E-state index in [1.54, 1.807) is 24.9 Å². The van der Waals surface area contributed by atoms with Crippen LogP contribution in [0.2, 0.25) is 0 Å². The van der Waals surface area contributed by atoms with Gasteiger partial charge < -0.3 is 9.64 Å². The Hall–Kier alpha value is -2.15. The minimum atomic E-state index is -0.308. The van der Waals surface area contributed by atoms with E-state index in [-0.39, 0.29) is 17.0 Å². The zero-order valence-corrected chi connectivity index (χ0v) is 19.2. The van der Waals surface area contributed by atoms with Crippen LogP contribution >= 0.6 is 24.0 Å². The number of carbonyl (C=O) groups excluding carboxylic acids is 1. The summed E-state index contributed by atoms with van der Waals surface area (Å²) in [6.45, 7) is 7.13. The molecule has 2 aliphatic heterocycles. The monoisotopic (exact) mass is 446 g/mol. The van der Waals surface area contributed by atoms with Gasteiger partial charge in [0.15, 0.2) is 0 Å². The maximum atomic E-state index is 13.0. The molecule has 160 valence electrons. The van der Waals surface area contributed by atoms with Crippen LogP contribution < -0.4 is 10.5 Å². The van der Waals surface area contributed by atoms with Gasteiger partial charge in [0.05, 0.1) is 4.91 Å². The summed E-state index contributed by atoms with van der Waals surface area (Å²) in [6, 6.07) is 2.03. The molecule has 0 saturated carbocycles. The van der Waals surface area contributed by atoms with Crippen LogP contribution in [-0.4, -0.2) is 52.5 Å². The first kappa shape index (κ1) is 22.5. The Bertz CT molecular complexity index is 987. The van der Waals surface area contributed by atoms with Crippen molar-refractivity contribution in [1.82, 2.24) is 9.47 Å². The molecule has 2 saturated heterocycles. The lowest BCUT2D eigenvalue weighted by Gasteiger charge is -2.25. The topological polar surface area (TPSA) is 78.6 Å². The van der Waals surface area contributed by atoms with Gasteiger partial charge in [-0.25, -0.2) is 0 Å². The largest absolute Gasteiger partial charge is 0.382 e. The molecule has 1 aromatic heterocycles. The van der Waals surface area contributed by atoms with E-state index in [0.29, 0.717) is 41.0 Å². The number of pyridine rings is 1. The minimum Gasteiger partial charge on any atom is -0.382 e. The summed E-state index contributed by atoms with van der Waals surface area (Å²) in [6.07, 6.45) is 4.61. The van der Waals surface area contributed by atoms with Crippen molar-refractivity contribution in [1.29, 1.82) is 5.26 Å². The lowest BCUT2D eigenvalue weighted by molar-refractivity contribution is -0.122. The first-order chi connectivity index (χ1) is 14.4. The van der Waals surface area contributed by atoms with Crippen molar-refractivity contribution in [3.63, 3.8) is 0 Å². The highest BCUT2D eigenvalue weighted by atomic mass is 32.2. The molecule has 3 rings (SSSR count). The maximum Gasteiger partial charge on any atom is 0.270 e. The molecule has 0 N–H and O–H groups in total. The molecule has 0 aliphatic carbocycles. The summed E-state index contributed by atoms with van der Waals surface area (Å²) in [5.41, 5.74) is 1.14. The average Bonchev–Trinajstić information content (AvgIpc) is 3.33. The minimum absolute atomic E-state index is 0.110. The predicted molar refractivity (Wildman–Crippen MR) is 124 cm³/mol. The summed E-state index contributed by atoms with van der Waals surface area (Å²) in [5, 5.41) is 9.53. The van der Waals surface area contributed by atoms with E-state index in [9.17, 15) is 14.9 Å². The Morgan fingerprint density at radius 2 is 2.00 bits per heavy atom. The van der Waals surface area contributed by atoms with Crippen LogP contribution in [0.15, 0.2) is 9.70 Å². The number of nitriles is 1. The van der Waals surface area contributed by atoms with Crippen molar-refractivity contribution in [2.75, 3.05) is 37.7 Å². The molecule has 0 radical (unpaired) electrons. The first-order valence-corrected chi connectivity index (χ1v) is 11.3. The number of ether oxygens (including phenoxy) is 1. The van der Waals surface area contributed by atoms with E-state index < -0.39 is 0 Å². The number of nitrogens with zero attached hydrogens (tertiary/aromatic N) is 4. The number of rotatable bonds is 7. The lowest BCUT2D eigenvalue weighted by atomic mass is 10.0. The van der Waals surface area contributed by atoms with Crippen LogP contribution in [0.1, 0.15) is 42.9 Å². The fourth-order valence-electron chi connectivity index (χ4n) is 3.82. The molecule has 1 aromatic rings. The molecule has 30 heavy (non-hydrogen) atoms. The van der Waals surface area contributed by atoms with Crippen LogP contribution in [0.25, 0.3) is 6.08 Å². The molecule has 0 atom stereocenters. The van der Waals surface area contributed by atoms with Crippen molar-refractivity contribution >= 4 is 46.1 Å². The molecule has 0 aromatic carbocycles. The van der Waals surface area contributed by atoms with Gasteiger partial charge in [-0.3, -0.25) is 19.1 Å². The second-order valence-electron chi connectivity index (χ2n) is 7.29. The molecule has 1 amide bonds. The average molecular weight is 447 g/mol. The highest BCUT2D eigenvalue weighted by Crippen LogP contribution is 2.36. The Kier molecular flexibility index (Phi) is 7.34. The van der Waals surface area contributed by atoms with Crippen molar-refractivity contribution in [2.45, 2.75) is 33.1 Å². The highest BCUT2D eigenvalue weighted by molar-refractivity contribution is 8.26. The third-order valence-corrected chi connectivity index (χ3v) is 6.77. The Morgan fingerprint density at radius 3 is 2.63 bits per heavy atom. The first-order valence-electron chi connectivity index (χ1n) is 10.1. The van der Waals surface area contributed by atoms with E-state index >= 15 is 0 Å². The van der Waals surface area contributed by atoms with Gasteiger partial charge in [-0.1, -0.05) is 24.0 Å². The van der Waals surface area contributed by atoms with E-state index in [1.807, 2.05) is 13.0 Å². The van der Waals surface area contributed by atoms with E-state index in [4.69, 9.17) is 17.0 Å². The summed E-state index contributed by atoms with van der Waals surface area (Å²) >= 11 is 6.69. The smallest absolute Gasteiger partial charge is 0.270 e. The number of aromatic nitrogens is 1. The van der Waals surface area contributed by atoms with Crippen molar-refractivity contribution in [2.24, 2.45) is 7.05 Å². The van der Waals surface area contributed by atoms with Crippen molar-refractivity contribution < 1.29 is 9.53 Å². The van der Waals surface area contributed by atoms with Crippen molar-refractivity contribution in [3.05, 3.63) is 31.9 Å². The van der Waals surface area contributed by atoms with Gasteiger partial charge in [0.1, 0.15) is 21.8 Å². The highest BCUT2D eigenvalue weighted by Gasteiger charge is 2.33. The van der Waals surface area contributed by atoms with E-state index in [1.165, 1.54) is 16.3 Å². The van der Waals surface area contributed by atoms with Gasteiger partial charge in [0.25, 0.3) is 11.5 Å². The zero-order valence-electron chi connectivity index (χ0n) is 17.6. The summed E-state index contributed by atoms with van der Waals surface area (Å²) in [7, 11) is 1.69. The Labute approximate surface area is 186 Å². The van der Waals surface area contributed by atoms with E-state index in [0.717, 1.165) is 37.3 Å². The molecular weight excluding hydrogens is 420 g/mol. The third-order valence-electron chi connectivity index (χ3n) is 5.40. The summed E-state index contributed by atoms with van der Waals surface area (Å²) in [5.74, 6) is 0.622. The van der Waals surface area contributed by atoms with Crippen LogP contribution in [0.4, 0.5) is 5.82 Å². The lowest BCUT2D eigenvalue weighted by Crippen LogP contribution is -2.31. The van der Waals surface area contributed by atoms with Gasteiger partial charge in [0.2, 0.25) is 0 Å². The number of amides is 1. The predicted octanol–water partition coefficient (Wildman–Crippen LogP) is 2.79.